The molecule has 0 fully saturated rings. The molecule has 0 aromatic heterocycles. The number of hydrogen-bond acceptors (Lipinski definition) is 1. The van der Waals surface area contributed by atoms with Crippen molar-refractivity contribution in [1.82, 2.24) is 0 Å². The molecule has 1 rings (SSSR count). The van der Waals surface area contributed by atoms with Crippen LogP contribution in [0.5, 0.6) is 0 Å². The molecule has 1 aromatic carbocycles. The molecule has 0 spiro atoms. The van der Waals surface area contributed by atoms with E-state index in [1.807, 2.05) is 6.07 Å². The second kappa shape index (κ2) is 3.26. The Morgan fingerprint density at radius 3 is 2.70 bits per heavy atom. The van der Waals surface area contributed by atoms with Crippen molar-refractivity contribution in [3.63, 3.8) is 0 Å². The van der Waals surface area contributed by atoms with E-state index in [0.717, 1.165) is 21.6 Å². The van der Waals surface area contributed by atoms with Gasteiger partial charge in [-0.25, -0.2) is 0 Å². The van der Waals surface area contributed by atoms with Crippen molar-refractivity contribution in [2.75, 3.05) is 5.73 Å². The Balaban J connectivity index is 3.09. The molecule has 0 radical (unpaired) electrons. The number of halogens is 2. The molecule has 0 saturated carbocycles. The molecule has 0 amide bonds. The molecule has 0 saturated heterocycles. The third-order valence-electron chi connectivity index (χ3n) is 1.25. The zero-order valence-corrected chi connectivity index (χ0v) is 7.61. The Morgan fingerprint density at radius 1 is 1.50 bits per heavy atom. The SMILES string of the molecule is Nc1ccc(Cl)cc1CBr. The van der Waals surface area contributed by atoms with E-state index in [1.165, 1.54) is 0 Å². The maximum atomic E-state index is 5.72. The molecule has 3 heteroatoms. The highest BCUT2D eigenvalue weighted by Gasteiger charge is 1.96. The summed E-state index contributed by atoms with van der Waals surface area (Å²) < 4.78 is 0. The van der Waals surface area contributed by atoms with Gasteiger partial charge in [-0.2, -0.15) is 0 Å². The summed E-state index contributed by atoms with van der Waals surface area (Å²) in [6, 6.07) is 5.44. The number of alkyl halides is 1. The van der Waals surface area contributed by atoms with Crippen molar-refractivity contribution in [2.45, 2.75) is 5.33 Å². The summed E-state index contributed by atoms with van der Waals surface area (Å²) in [5.74, 6) is 0. The van der Waals surface area contributed by atoms with E-state index in [-0.39, 0.29) is 0 Å². The number of nitrogen functional groups attached to an aromatic ring is 1. The fourth-order valence-corrected chi connectivity index (χ4v) is 1.37. The topological polar surface area (TPSA) is 26.0 Å². The third-order valence-corrected chi connectivity index (χ3v) is 2.09. The average Bonchev–Trinajstić information content (AvgIpc) is 1.94. The minimum Gasteiger partial charge on any atom is -0.398 e. The first-order valence-electron chi connectivity index (χ1n) is 2.84. The molecule has 0 unspecified atom stereocenters. The number of benzene rings is 1. The smallest absolute Gasteiger partial charge is 0.0410 e. The minimum absolute atomic E-state index is 0.726. The zero-order valence-electron chi connectivity index (χ0n) is 5.27. The second-order valence-corrected chi connectivity index (χ2v) is 2.97. The molecule has 0 heterocycles. The standard InChI is InChI=1S/C7H7BrClN/c8-4-5-3-6(9)1-2-7(5)10/h1-3H,4,10H2. The Morgan fingerprint density at radius 2 is 2.20 bits per heavy atom. The van der Waals surface area contributed by atoms with Gasteiger partial charge in [-0.05, 0) is 23.8 Å². The van der Waals surface area contributed by atoms with Gasteiger partial charge in [-0.15, -0.1) is 0 Å². The van der Waals surface area contributed by atoms with Crippen LogP contribution in [0.4, 0.5) is 5.69 Å². The molecule has 0 bridgehead atoms. The zero-order chi connectivity index (χ0) is 7.56. The van der Waals surface area contributed by atoms with E-state index in [1.54, 1.807) is 12.1 Å². The van der Waals surface area contributed by atoms with E-state index in [0.29, 0.717) is 0 Å². The monoisotopic (exact) mass is 219 g/mol. The quantitative estimate of drug-likeness (QED) is 0.572. The molecule has 0 aliphatic heterocycles. The Hall–Kier alpha value is -0.210. The summed E-state index contributed by atoms with van der Waals surface area (Å²) in [5.41, 5.74) is 7.42. The van der Waals surface area contributed by atoms with E-state index < -0.39 is 0 Å². The van der Waals surface area contributed by atoms with Gasteiger partial charge in [0.15, 0.2) is 0 Å². The highest BCUT2D eigenvalue weighted by molar-refractivity contribution is 9.08. The van der Waals surface area contributed by atoms with Gasteiger partial charge in [0.25, 0.3) is 0 Å². The molecule has 0 aliphatic carbocycles. The summed E-state index contributed by atoms with van der Waals surface area (Å²) in [7, 11) is 0. The summed E-state index contributed by atoms with van der Waals surface area (Å²) in [5, 5.41) is 1.48. The van der Waals surface area contributed by atoms with Crippen LogP contribution in [0.15, 0.2) is 18.2 Å². The fourth-order valence-electron chi connectivity index (χ4n) is 0.690. The first-order valence-corrected chi connectivity index (χ1v) is 4.34. The summed E-state index contributed by atoms with van der Waals surface area (Å²) in [4.78, 5) is 0. The van der Waals surface area contributed by atoms with Crippen molar-refractivity contribution >= 4 is 33.2 Å². The largest absolute Gasteiger partial charge is 0.398 e. The normalized spacial score (nSPS) is 9.80. The van der Waals surface area contributed by atoms with Gasteiger partial charge in [0.05, 0.1) is 0 Å². The molecule has 54 valence electrons. The van der Waals surface area contributed by atoms with Gasteiger partial charge in [0.2, 0.25) is 0 Å². The minimum atomic E-state index is 0.726. The van der Waals surface area contributed by atoms with Crippen LogP contribution in [-0.4, -0.2) is 0 Å². The van der Waals surface area contributed by atoms with Crippen LogP contribution in [0.25, 0.3) is 0 Å². The van der Waals surface area contributed by atoms with Crippen LogP contribution >= 0.6 is 27.5 Å². The lowest BCUT2D eigenvalue weighted by molar-refractivity contribution is 1.44. The number of hydrogen-bond donors (Lipinski definition) is 1. The maximum absolute atomic E-state index is 5.72. The Bertz CT molecular complexity index is 237. The maximum Gasteiger partial charge on any atom is 0.0410 e. The van der Waals surface area contributed by atoms with Crippen molar-refractivity contribution in [3.05, 3.63) is 28.8 Å². The lowest BCUT2D eigenvalue weighted by Crippen LogP contribution is -1.90. The third kappa shape index (κ3) is 1.64. The van der Waals surface area contributed by atoms with Crippen LogP contribution in [0.3, 0.4) is 0 Å². The van der Waals surface area contributed by atoms with Crippen LogP contribution < -0.4 is 5.73 Å². The highest BCUT2D eigenvalue weighted by atomic mass is 79.9. The molecule has 2 N–H and O–H groups in total. The van der Waals surface area contributed by atoms with Crippen LogP contribution in [0, 0.1) is 0 Å². The molecular weight excluding hydrogens is 213 g/mol. The van der Waals surface area contributed by atoms with Gasteiger partial charge in [0, 0.05) is 16.0 Å². The first kappa shape index (κ1) is 7.89. The molecular formula is C7H7BrClN. The first-order chi connectivity index (χ1) is 4.74. The highest BCUT2D eigenvalue weighted by Crippen LogP contribution is 2.19. The molecule has 1 nitrogen and oxygen atoms in total. The second-order valence-electron chi connectivity index (χ2n) is 1.98. The van der Waals surface area contributed by atoms with E-state index in [2.05, 4.69) is 15.9 Å². The van der Waals surface area contributed by atoms with Crippen molar-refractivity contribution < 1.29 is 0 Å². The lowest BCUT2D eigenvalue weighted by Gasteiger charge is -2.00. The average molecular weight is 220 g/mol. The van der Waals surface area contributed by atoms with Crippen LogP contribution in [-0.2, 0) is 5.33 Å². The molecule has 1 aromatic rings. The molecule has 0 atom stereocenters. The Kier molecular flexibility index (Phi) is 2.57. The van der Waals surface area contributed by atoms with Crippen molar-refractivity contribution in [3.8, 4) is 0 Å². The van der Waals surface area contributed by atoms with Gasteiger partial charge >= 0.3 is 0 Å². The fraction of sp³-hybridized carbons (Fsp3) is 0.143. The van der Waals surface area contributed by atoms with Gasteiger partial charge in [0.1, 0.15) is 0 Å². The van der Waals surface area contributed by atoms with Crippen LogP contribution in [0.1, 0.15) is 5.56 Å². The Labute approximate surface area is 73.3 Å². The summed E-state index contributed by atoms with van der Waals surface area (Å²) in [6.45, 7) is 0. The number of rotatable bonds is 1. The number of nitrogens with two attached hydrogens (primary N) is 1. The predicted molar refractivity (Wildman–Crippen MR) is 48.5 cm³/mol. The van der Waals surface area contributed by atoms with Gasteiger partial charge in [-0.3, -0.25) is 0 Å². The summed E-state index contributed by atoms with van der Waals surface area (Å²) in [6.07, 6.45) is 0. The van der Waals surface area contributed by atoms with Crippen molar-refractivity contribution in [1.29, 1.82) is 0 Å². The van der Waals surface area contributed by atoms with Crippen LogP contribution in [0.2, 0.25) is 5.02 Å². The molecule has 10 heavy (non-hydrogen) atoms. The van der Waals surface area contributed by atoms with E-state index >= 15 is 0 Å². The van der Waals surface area contributed by atoms with Crippen molar-refractivity contribution in [2.24, 2.45) is 0 Å². The van der Waals surface area contributed by atoms with E-state index in [4.69, 9.17) is 17.3 Å². The molecule has 0 aliphatic rings. The summed E-state index contributed by atoms with van der Waals surface area (Å²) >= 11 is 9.02. The van der Waals surface area contributed by atoms with Gasteiger partial charge < -0.3 is 5.73 Å². The van der Waals surface area contributed by atoms with E-state index in [9.17, 15) is 0 Å². The van der Waals surface area contributed by atoms with Gasteiger partial charge in [-0.1, -0.05) is 27.5 Å². The predicted octanol–water partition coefficient (Wildman–Crippen LogP) is 2.82. The lowest BCUT2D eigenvalue weighted by atomic mass is 10.2. The number of anilines is 1.